The third-order valence-electron chi connectivity index (χ3n) is 10.1. The number of aromatic nitrogens is 2. The molecule has 2 aliphatic carbocycles. The number of nitrogens with one attached hydrogen (secondary N) is 2. The van der Waals surface area contributed by atoms with Crippen LogP contribution in [0.15, 0.2) is 113 Å². The first-order chi connectivity index (χ1) is 23.7. The molecule has 2 atom stereocenters. The summed E-state index contributed by atoms with van der Waals surface area (Å²) in [7, 11) is -3.80. The maximum Gasteiger partial charge on any atom is 0.331 e. The smallest absolute Gasteiger partial charge is 0.331 e. The number of aryl methyl sites for hydroxylation is 1. The highest BCUT2D eigenvalue weighted by Gasteiger charge is 2.41. The van der Waals surface area contributed by atoms with Crippen LogP contribution in [0.4, 0.5) is 10.5 Å². The molecule has 0 fully saturated rings. The molecule has 250 valence electrons. The van der Waals surface area contributed by atoms with Crippen LogP contribution in [0, 0.1) is 5.41 Å². The van der Waals surface area contributed by atoms with Crippen LogP contribution < -0.4 is 14.8 Å². The average molecular weight is 672 g/mol. The number of anilines is 1. The Kier molecular flexibility index (Phi) is 7.63. The second kappa shape index (κ2) is 11.9. The molecule has 1 aromatic heterocycles. The fourth-order valence-electron chi connectivity index (χ4n) is 7.80. The van der Waals surface area contributed by atoms with Gasteiger partial charge in [-0.3, -0.25) is 0 Å². The molecule has 2 amide bonds. The number of nitrogens with zero attached hydrogens (tertiary/aromatic N) is 3. The maximum absolute atomic E-state index is 16.0. The topological polar surface area (TPSA) is 97.6 Å². The minimum atomic E-state index is -3.80. The first-order valence-electron chi connectivity index (χ1n) is 17.1. The summed E-state index contributed by atoms with van der Waals surface area (Å²) in [5, 5.41) is 7.82. The Labute approximate surface area is 288 Å². The minimum absolute atomic E-state index is 0.173. The van der Waals surface area contributed by atoms with Gasteiger partial charge in [0, 0.05) is 11.1 Å². The van der Waals surface area contributed by atoms with Crippen molar-refractivity contribution in [2.24, 2.45) is 9.78 Å². The summed E-state index contributed by atoms with van der Waals surface area (Å²) in [4.78, 5) is 14.6. The van der Waals surface area contributed by atoms with Gasteiger partial charge in [0.15, 0.2) is 9.92 Å². The molecule has 49 heavy (non-hydrogen) atoms. The Morgan fingerprint density at radius 1 is 0.939 bits per heavy atom. The van der Waals surface area contributed by atoms with Crippen LogP contribution in [0.1, 0.15) is 72.1 Å². The third-order valence-corrected chi connectivity index (χ3v) is 12.0. The van der Waals surface area contributed by atoms with Crippen LogP contribution in [0.5, 0.6) is 5.88 Å². The van der Waals surface area contributed by atoms with E-state index in [1.807, 2.05) is 91.0 Å². The number of carbonyl (C=O) groups excluding carboxylic acids is 1. The molecule has 0 saturated heterocycles. The molecule has 4 aromatic carbocycles. The van der Waals surface area contributed by atoms with E-state index in [4.69, 9.17) is 9.10 Å². The first-order valence-corrected chi connectivity index (χ1v) is 18.6. The fraction of sp³-hybridized carbons (Fsp3) is 0.300. The second-order valence-corrected chi connectivity index (χ2v) is 16.2. The lowest BCUT2D eigenvalue weighted by Gasteiger charge is -2.34. The van der Waals surface area contributed by atoms with Crippen LogP contribution in [-0.2, 0) is 41.3 Å². The number of hydrogen-bond acceptors (Lipinski definition) is 5. The molecule has 8 rings (SSSR count). The van der Waals surface area contributed by atoms with Crippen molar-refractivity contribution in [3.05, 3.63) is 142 Å². The Hall–Kier alpha value is -4.89. The maximum atomic E-state index is 16.0. The number of rotatable bonds is 7. The lowest BCUT2D eigenvalue weighted by molar-refractivity contribution is 0.0971. The van der Waals surface area contributed by atoms with Gasteiger partial charge in [0.05, 0.1) is 19.3 Å². The standard InChI is InChI=1S/C40H41N5O3S/c1-27-22-29-23-28-14-13-21-33(28)36(35(27)29)42-38(46)43-49(47,34-24-41-45-25-39(2,3)26-48-37(34)45)44-40(30-15-7-4-8-16-30,31-17-9-5-10-18-31)32-19-11-6-12-20-32/h4-12,15-20,23-24,27H,13-14,21-22,25-26H2,1-3H3,(H2,42,43,44,46,47). The fourth-order valence-corrected chi connectivity index (χ4v) is 9.65. The average Bonchev–Trinajstić information content (AvgIpc) is 3.75. The van der Waals surface area contributed by atoms with Gasteiger partial charge in [-0.25, -0.2) is 18.4 Å². The Morgan fingerprint density at radius 3 is 2.14 bits per heavy atom. The van der Waals surface area contributed by atoms with Gasteiger partial charge in [-0.05, 0) is 70.5 Å². The summed E-state index contributed by atoms with van der Waals surface area (Å²) < 4.78 is 32.4. The van der Waals surface area contributed by atoms with E-state index in [9.17, 15) is 4.79 Å². The lowest BCUT2D eigenvalue weighted by Crippen LogP contribution is -2.39. The number of benzene rings is 4. The molecular weight excluding hydrogens is 631 g/mol. The number of carbonyl (C=O) groups is 1. The number of ether oxygens (including phenoxy) is 1. The van der Waals surface area contributed by atoms with Crippen LogP contribution >= 0.6 is 0 Å². The molecule has 0 radical (unpaired) electrons. The van der Waals surface area contributed by atoms with Crippen molar-refractivity contribution >= 4 is 21.6 Å². The van der Waals surface area contributed by atoms with Crippen molar-refractivity contribution in [3.63, 3.8) is 0 Å². The number of hydrogen-bond donors (Lipinski definition) is 2. The minimum Gasteiger partial charge on any atom is -0.476 e. The van der Waals surface area contributed by atoms with Crippen molar-refractivity contribution in [3.8, 4) is 5.88 Å². The van der Waals surface area contributed by atoms with Gasteiger partial charge >= 0.3 is 6.03 Å². The molecule has 5 aromatic rings. The van der Waals surface area contributed by atoms with E-state index in [0.717, 1.165) is 48.1 Å². The molecule has 2 heterocycles. The summed E-state index contributed by atoms with van der Waals surface area (Å²) in [5.41, 5.74) is 6.78. The quantitative estimate of drug-likeness (QED) is 0.171. The molecule has 1 aliphatic heterocycles. The zero-order valence-electron chi connectivity index (χ0n) is 28.1. The van der Waals surface area contributed by atoms with Gasteiger partial charge in [0.1, 0.15) is 10.4 Å². The zero-order chi connectivity index (χ0) is 33.8. The van der Waals surface area contributed by atoms with E-state index >= 15 is 4.21 Å². The van der Waals surface area contributed by atoms with Crippen LogP contribution in [0.3, 0.4) is 0 Å². The molecule has 3 aliphatic rings. The molecule has 0 saturated carbocycles. The summed E-state index contributed by atoms with van der Waals surface area (Å²) in [6, 6.07) is 31.3. The zero-order valence-corrected chi connectivity index (χ0v) is 28.9. The van der Waals surface area contributed by atoms with Gasteiger partial charge in [0.25, 0.3) is 0 Å². The molecule has 8 nitrogen and oxygen atoms in total. The molecule has 0 bridgehead atoms. The van der Waals surface area contributed by atoms with E-state index < -0.39 is 21.5 Å². The van der Waals surface area contributed by atoms with Crippen molar-refractivity contribution < 1.29 is 13.7 Å². The van der Waals surface area contributed by atoms with E-state index in [-0.39, 0.29) is 10.3 Å². The lowest BCUT2D eigenvalue weighted by atomic mass is 9.75. The largest absolute Gasteiger partial charge is 0.476 e. The molecule has 2 N–H and O–H groups in total. The van der Waals surface area contributed by atoms with Gasteiger partial charge in [-0.2, -0.15) is 9.46 Å². The van der Waals surface area contributed by atoms with Gasteiger partial charge in [-0.1, -0.05) is 118 Å². The number of fused-ring (bicyclic) bond motifs is 3. The second-order valence-electron chi connectivity index (χ2n) is 14.3. The summed E-state index contributed by atoms with van der Waals surface area (Å²) in [6.07, 6.45) is 5.51. The van der Waals surface area contributed by atoms with E-state index in [1.54, 1.807) is 10.9 Å². The number of urea groups is 1. The van der Waals surface area contributed by atoms with Crippen LogP contribution in [0.2, 0.25) is 0 Å². The summed E-state index contributed by atoms with van der Waals surface area (Å²) >= 11 is 0. The van der Waals surface area contributed by atoms with Crippen molar-refractivity contribution in [2.45, 2.75) is 69.4 Å². The molecule has 9 heteroatoms. The SMILES string of the molecule is CC1Cc2cc3c(c(NC(=O)NS(=O)(=NC(c4ccccc4)(c4ccccc4)c4ccccc4)c4cnn5c4OCC(C)(C)C5)c21)CCC3. The highest BCUT2D eigenvalue weighted by molar-refractivity contribution is 7.92. The third kappa shape index (κ3) is 5.40. The predicted octanol–water partition coefficient (Wildman–Crippen LogP) is 8.01. The normalized spacial score (nSPS) is 18.5. The van der Waals surface area contributed by atoms with Gasteiger partial charge in [0.2, 0.25) is 5.88 Å². The highest BCUT2D eigenvalue weighted by atomic mass is 32.2. The van der Waals surface area contributed by atoms with E-state index in [1.165, 1.54) is 22.3 Å². The van der Waals surface area contributed by atoms with Gasteiger partial charge in [-0.15, -0.1) is 0 Å². The van der Waals surface area contributed by atoms with Crippen molar-refractivity contribution in [1.82, 2.24) is 14.5 Å². The Morgan fingerprint density at radius 2 is 1.55 bits per heavy atom. The van der Waals surface area contributed by atoms with E-state index in [0.29, 0.717) is 24.9 Å². The van der Waals surface area contributed by atoms with Crippen LogP contribution in [-0.4, -0.2) is 26.6 Å². The molecule has 2 unspecified atom stereocenters. The Bertz CT molecular complexity index is 2070. The summed E-state index contributed by atoms with van der Waals surface area (Å²) in [5.74, 6) is 0.696. The molecular formula is C40H41N5O3S. The molecule has 0 spiro atoms. The van der Waals surface area contributed by atoms with Crippen LogP contribution in [0.25, 0.3) is 0 Å². The first kappa shape index (κ1) is 31.4. The Balaban J connectivity index is 1.35. The van der Waals surface area contributed by atoms with Crippen molar-refractivity contribution in [2.75, 3.05) is 11.9 Å². The van der Waals surface area contributed by atoms with Crippen molar-refractivity contribution in [1.29, 1.82) is 0 Å². The highest BCUT2D eigenvalue weighted by Crippen LogP contribution is 2.47. The van der Waals surface area contributed by atoms with Gasteiger partial charge < -0.3 is 10.1 Å². The number of amides is 2. The summed E-state index contributed by atoms with van der Waals surface area (Å²) in [6.45, 7) is 7.38. The monoisotopic (exact) mass is 671 g/mol. The van der Waals surface area contributed by atoms with E-state index in [2.05, 4.69) is 42.0 Å². The predicted molar refractivity (Wildman–Crippen MR) is 192 cm³/mol.